The zero-order valence-electron chi connectivity index (χ0n) is 14.3. The van der Waals surface area contributed by atoms with Gasteiger partial charge in [-0.15, -0.1) is 11.3 Å². The monoisotopic (exact) mass is 363 g/mol. The van der Waals surface area contributed by atoms with Crippen LogP contribution < -0.4 is 5.32 Å². The van der Waals surface area contributed by atoms with E-state index in [0.29, 0.717) is 17.1 Å². The first kappa shape index (κ1) is 18.0. The van der Waals surface area contributed by atoms with E-state index < -0.39 is 0 Å². The number of rotatable bonds is 6. The van der Waals surface area contributed by atoms with E-state index in [2.05, 4.69) is 15.2 Å². The van der Waals surface area contributed by atoms with Gasteiger partial charge in [-0.05, 0) is 44.2 Å². The molecule has 1 amide bonds. The van der Waals surface area contributed by atoms with Crippen molar-refractivity contribution in [1.82, 2.24) is 15.2 Å². The number of thiazole rings is 1. The average molecular weight is 363 g/mol. The Labute approximate surface area is 150 Å². The van der Waals surface area contributed by atoms with Crippen LogP contribution in [0.15, 0.2) is 24.3 Å². The molecular weight excluding hydrogens is 341 g/mol. The molecule has 2 aromatic rings. The number of carbonyl (C=O) groups excluding carboxylic acids is 1. The summed E-state index contributed by atoms with van der Waals surface area (Å²) in [4.78, 5) is 19.8. The SMILES string of the molecule is Cc1nc(-c2ccc(F)cc2)sc1C(=O)NCCCN1CCOCC1. The Kier molecular flexibility index (Phi) is 6.12. The molecule has 1 aliphatic rings. The van der Waals surface area contributed by atoms with Gasteiger partial charge in [0.2, 0.25) is 0 Å². The van der Waals surface area contributed by atoms with Gasteiger partial charge in [-0.3, -0.25) is 9.69 Å². The van der Waals surface area contributed by atoms with Gasteiger partial charge in [-0.1, -0.05) is 0 Å². The topological polar surface area (TPSA) is 54.5 Å². The number of carbonyl (C=O) groups is 1. The van der Waals surface area contributed by atoms with Crippen molar-refractivity contribution in [2.75, 3.05) is 39.4 Å². The van der Waals surface area contributed by atoms with Crippen molar-refractivity contribution in [2.45, 2.75) is 13.3 Å². The fourth-order valence-corrected chi connectivity index (χ4v) is 3.72. The van der Waals surface area contributed by atoms with Gasteiger partial charge in [0.25, 0.3) is 5.91 Å². The number of amides is 1. The van der Waals surface area contributed by atoms with Crippen LogP contribution in [0.3, 0.4) is 0 Å². The zero-order chi connectivity index (χ0) is 17.6. The van der Waals surface area contributed by atoms with Gasteiger partial charge in [0.05, 0.1) is 18.9 Å². The van der Waals surface area contributed by atoms with Crippen LogP contribution in [0.25, 0.3) is 10.6 Å². The van der Waals surface area contributed by atoms with Crippen LogP contribution in [-0.4, -0.2) is 55.2 Å². The minimum atomic E-state index is -0.282. The largest absolute Gasteiger partial charge is 0.379 e. The van der Waals surface area contributed by atoms with Crippen molar-refractivity contribution in [3.05, 3.63) is 40.7 Å². The lowest BCUT2D eigenvalue weighted by Gasteiger charge is -2.26. The normalized spacial score (nSPS) is 15.3. The van der Waals surface area contributed by atoms with Crippen molar-refractivity contribution in [2.24, 2.45) is 0 Å². The standard InChI is InChI=1S/C18H22FN3O2S/c1-13-16(25-18(21-13)14-3-5-15(19)6-4-14)17(23)20-7-2-8-22-9-11-24-12-10-22/h3-6H,2,7-12H2,1H3,(H,20,23). The summed E-state index contributed by atoms with van der Waals surface area (Å²) >= 11 is 1.34. The van der Waals surface area contributed by atoms with E-state index >= 15 is 0 Å². The molecule has 7 heteroatoms. The molecule has 1 aromatic heterocycles. The van der Waals surface area contributed by atoms with Crippen LogP contribution in [0, 0.1) is 12.7 Å². The summed E-state index contributed by atoms with van der Waals surface area (Å²) in [6.07, 6.45) is 0.911. The molecule has 0 aliphatic carbocycles. The molecule has 5 nitrogen and oxygen atoms in total. The van der Waals surface area contributed by atoms with Gasteiger partial charge in [0.15, 0.2) is 0 Å². The van der Waals surface area contributed by atoms with Crippen molar-refractivity contribution in [3.8, 4) is 10.6 Å². The van der Waals surface area contributed by atoms with Gasteiger partial charge < -0.3 is 10.1 Å². The number of nitrogens with zero attached hydrogens (tertiary/aromatic N) is 2. The number of ether oxygens (including phenoxy) is 1. The number of benzene rings is 1. The molecule has 1 fully saturated rings. The second-order valence-corrected chi connectivity index (χ2v) is 7.00. The van der Waals surface area contributed by atoms with Crippen LogP contribution in [0.5, 0.6) is 0 Å². The first-order chi connectivity index (χ1) is 12.1. The molecule has 0 atom stereocenters. The fraction of sp³-hybridized carbons (Fsp3) is 0.444. The lowest BCUT2D eigenvalue weighted by Crippen LogP contribution is -2.38. The number of hydrogen-bond donors (Lipinski definition) is 1. The molecule has 3 rings (SSSR count). The Hall–Kier alpha value is -1.83. The van der Waals surface area contributed by atoms with Gasteiger partial charge in [-0.2, -0.15) is 0 Å². The van der Waals surface area contributed by atoms with Crippen LogP contribution in [0.2, 0.25) is 0 Å². The number of morpholine rings is 1. The summed E-state index contributed by atoms with van der Waals surface area (Å²) in [5.41, 5.74) is 1.52. The highest BCUT2D eigenvalue weighted by Gasteiger charge is 2.16. The minimum Gasteiger partial charge on any atom is -0.379 e. The molecule has 1 saturated heterocycles. The lowest BCUT2D eigenvalue weighted by atomic mass is 10.2. The van der Waals surface area contributed by atoms with Crippen molar-refractivity contribution >= 4 is 17.2 Å². The number of hydrogen-bond acceptors (Lipinski definition) is 5. The first-order valence-corrected chi connectivity index (χ1v) is 9.27. The summed E-state index contributed by atoms with van der Waals surface area (Å²) in [5.74, 6) is -0.374. The quantitative estimate of drug-likeness (QED) is 0.802. The van der Waals surface area contributed by atoms with Crippen LogP contribution in [0.1, 0.15) is 21.8 Å². The molecule has 0 bridgehead atoms. The highest BCUT2D eigenvalue weighted by Crippen LogP contribution is 2.27. The van der Waals surface area contributed by atoms with Crippen molar-refractivity contribution < 1.29 is 13.9 Å². The van der Waals surface area contributed by atoms with Crippen molar-refractivity contribution in [1.29, 1.82) is 0 Å². The van der Waals surface area contributed by atoms with E-state index in [9.17, 15) is 9.18 Å². The average Bonchev–Trinajstić information content (AvgIpc) is 3.02. The molecule has 1 aliphatic heterocycles. The highest BCUT2D eigenvalue weighted by atomic mass is 32.1. The number of aryl methyl sites for hydroxylation is 1. The van der Waals surface area contributed by atoms with E-state index in [0.717, 1.165) is 49.8 Å². The van der Waals surface area contributed by atoms with Gasteiger partial charge in [-0.25, -0.2) is 9.37 Å². The molecule has 25 heavy (non-hydrogen) atoms. The smallest absolute Gasteiger partial charge is 0.263 e. The van der Waals surface area contributed by atoms with E-state index in [1.165, 1.54) is 23.5 Å². The second kappa shape index (κ2) is 8.51. The predicted octanol–water partition coefficient (Wildman–Crippen LogP) is 2.71. The zero-order valence-corrected chi connectivity index (χ0v) is 15.1. The third-order valence-corrected chi connectivity index (χ3v) is 5.34. The van der Waals surface area contributed by atoms with E-state index in [1.807, 2.05) is 6.92 Å². The minimum absolute atomic E-state index is 0.0923. The number of nitrogens with one attached hydrogen (secondary N) is 1. The molecule has 0 radical (unpaired) electrons. The van der Waals surface area contributed by atoms with E-state index in [4.69, 9.17) is 4.74 Å². The van der Waals surface area contributed by atoms with Gasteiger partial charge in [0.1, 0.15) is 15.7 Å². The predicted molar refractivity (Wildman–Crippen MR) is 96.5 cm³/mol. The summed E-state index contributed by atoms with van der Waals surface area (Å²) in [7, 11) is 0. The molecule has 2 heterocycles. The fourth-order valence-electron chi connectivity index (χ4n) is 2.73. The van der Waals surface area contributed by atoms with Crippen molar-refractivity contribution in [3.63, 3.8) is 0 Å². The Morgan fingerprint density at radius 2 is 2.04 bits per heavy atom. The molecule has 1 N–H and O–H groups in total. The number of halogens is 1. The maximum atomic E-state index is 13.0. The van der Waals surface area contributed by atoms with Crippen LogP contribution in [-0.2, 0) is 4.74 Å². The Morgan fingerprint density at radius 1 is 1.32 bits per heavy atom. The van der Waals surface area contributed by atoms with Crippen LogP contribution in [0.4, 0.5) is 4.39 Å². The summed E-state index contributed by atoms with van der Waals surface area (Å²) in [5, 5.41) is 3.70. The van der Waals surface area contributed by atoms with E-state index in [-0.39, 0.29) is 11.7 Å². The lowest BCUT2D eigenvalue weighted by molar-refractivity contribution is 0.0374. The summed E-state index contributed by atoms with van der Waals surface area (Å²) in [6, 6.07) is 6.16. The third kappa shape index (κ3) is 4.84. The molecule has 134 valence electrons. The molecule has 0 saturated carbocycles. The number of aromatic nitrogens is 1. The maximum absolute atomic E-state index is 13.0. The summed E-state index contributed by atoms with van der Waals surface area (Å²) in [6.45, 7) is 6.93. The second-order valence-electron chi connectivity index (χ2n) is 6.00. The highest BCUT2D eigenvalue weighted by molar-refractivity contribution is 7.17. The Balaban J connectivity index is 1.52. The molecular formula is C18H22FN3O2S. The maximum Gasteiger partial charge on any atom is 0.263 e. The molecule has 0 spiro atoms. The molecule has 0 unspecified atom stereocenters. The third-order valence-electron chi connectivity index (χ3n) is 4.13. The van der Waals surface area contributed by atoms with E-state index in [1.54, 1.807) is 12.1 Å². The Bertz CT molecular complexity index is 712. The van der Waals surface area contributed by atoms with Gasteiger partial charge >= 0.3 is 0 Å². The Morgan fingerprint density at radius 3 is 2.76 bits per heavy atom. The summed E-state index contributed by atoms with van der Waals surface area (Å²) < 4.78 is 18.4. The van der Waals surface area contributed by atoms with Crippen LogP contribution >= 0.6 is 11.3 Å². The van der Waals surface area contributed by atoms with Gasteiger partial charge in [0, 0.05) is 25.2 Å². The first-order valence-electron chi connectivity index (χ1n) is 8.45. The molecule has 1 aromatic carbocycles.